The van der Waals surface area contributed by atoms with Gasteiger partial charge in [0.05, 0.1) is 12.6 Å². The van der Waals surface area contributed by atoms with E-state index >= 15 is 0 Å². The van der Waals surface area contributed by atoms with Gasteiger partial charge >= 0.3 is 0 Å². The molecule has 0 radical (unpaired) electrons. The summed E-state index contributed by atoms with van der Waals surface area (Å²) in [7, 11) is 3.89. The quantitative estimate of drug-likeness (QED) is 0.766. The molecule has 1 unspecified atom stereocenters. The summed E-state index contributed by atoms with van der Waals surface area (Å²) in [6.45, 7) is 2.43. The van der Waals surface area contributed by atoms with Crippen LogP contribution < -0.4 is 0 Å². The third-order valence-electron chi connectivity index (χ3n) is 5.16. The van der Waals surface area contributed by atoms with Gasteiger partial charge in [-0.15, -0.1) is 0 Å². The van der Waals surface area contributed by atoms with E-state index in [1.54, 1.807) is 17.0 Å². The number of carbonyl (C=O) groups excluding carboxylic acids is 1. The standard InChI is InChI=1S/C19H29FN2O/c1-15(16-10-12-17(20)13-11-16)22(3)19(23)14-21(2)18-8-6-4-5-7-9-18/h10-13,15,18H,4-9,14H2,1-3H3. The lowest BCUT2D eigenvalue weighted by molar-refractivity contribution is -0.133. The minimum absolute atomic E-state index is 0.0503. The van der Waals surface area contributed by atoms with Crippen LogP contribution >= 0.6 is 0 Å². The van der Waals surface area contributed by atoms with Crippen molar-refractivity contribution in [2.75, 3.05) is 20.6 Å². The Morgan fingerprint density at radius 1 is 1.13 bits per heavy atom. The number of hydrogen-bond donors (Lipinski definition) is 0. The Labute approximate surface area is 139 Å². The van der Waals surface area contributed by atoms with Gasteiger partial charge in [-0.1, -0.05) is 37.8 Å². The van der Waals surface area contributed by atoms with E-state index in [0.29, 0.717) is 12.6 Å². The van der Waals surface area contributed by atoms with Crippen molar-refractivity contribution in [3.8, 4) is 0 Å². The van der Waals surface area contributed by atoms with Crippen LogP contribution in [0.25, 0.3) is 0 Å². The van der Waals surface area contributed by atoms with E-state index in [1.165, 1.54) is 50.7 Å². The van der Waals surface area contributed by atoms with Crippen LogP contribution in [-0.4, -0.2) is 42.4 Å². The van der Waals surface area contributed by atoms with Crippen molar-refractivity contribution >= 4 is 5.91 Å². The van der Waals surface area contributed by atoms with E-state index in [4.69, 9.17) is 0 Å². The van der Waals surface area contributed by atoms with Gasteiger partial charge in [-0.25, -0.2) is 4.39 Å². The summed E-state index contributed by atoms with van der Waals surface area (Å²) in [5.74, 6) is -0.128. The summed E-state index contributed by atoms with van der Waals surface area (Å²) in [4.78, 5) is 16.5. The smallest absolute Gasteiger partial charge is 0.236 e. The van der Waals surface area contributed by atoms with Crippen LogP contribution in [0.1, 0.15) is 57.1 Å². The topological polar surface area (TPSA) is 23.6 Å². The molecule has 1 aromatic carbocycles. The van der Waals surface area contributed by atoms with Gasteiger partial charge in [0, 0.05) is 13.1 Å². The number of nitrogens with zero attached hydrogens (tertiary/aromatic N) is 2. The highest BCUT2D eigenvalue weighted by molar-refractivity contribution is 5.78. The van der Waals surface area contributed by atoms with Crippen molar-refractivity contribution in [2.24, 2.45) is 0 Å². The second kappa shape index (κ2) is 8.44. The highest BCUT2D eigenvalue weighted by atomic mass is 19.1. The number of rotatable bonds is 5. The molecular formula is C19H29FN2O. The Morgan fingerprint density at radius 3 is 2.26 bits per heavy atom. The molecule has 0 bridgehead atoms. The molecule has 128 valence electrons. The van der Waals surface area contributed by atoms with Crippen LogP contribution in [-0.2, 0) is 4.79 Å². The van der Waals surface area contributed by atoms with Crippen LogP contribution in [0.2, 0.25) is 0 Å². The van der Waals surface area contributed by atoms with Crippen LogP contribution in [0.3, 0.4) is 0 Å². The van der Waals surface area contributed by atoms with Crippen molar-refractivity contribution in [3.63, 3.8) is 0 Å². The maximum Gasteiger partial charge on any atom is 0.236 e. The molecule has 0 N–H and O–H groups in total. The summed E-state index contributed by atoms with van der Waals surface area (Å²) in [5, 5.41) is 0. The first-order valence-corrected chi connectivity index (χ1v) is 8.70. The Hall–Kier alpha value is -1.42. The summed E-state index contributed by atoms with van der Waals surface area (Å²) >= 11 is 0. The first kappa shape index (κ1) is 17.9. The predicted octanol–water partition coefficient (Wildman–Crippen LogP) is 4.00. The second-order valence-corrected chi connectivity index (χ2v) is 6.79. The first-order valence-electron chi connectivity index (χ1n) is 8.70. The normalized spacial score (nSPS) is 17.8. The average molecular weight is 320 g/mol. The van der Waals surface area contributed by atoms with Crippen molar-refractivity contribution in [1.29, 1.82) is 0 Å². The van der Waals surface area contributed by atoms with Gasteiger partial charge in [-0.05, 0) is 44.5 Å². The van der Waals surface area contributed by atoms with E-state index in [2.05, 4.69) is 11.9 Å². The molecule has 3 nitrogen and oxygen atoms in total. The number of benzene rings is 1. The largest absolute Gasteiger partial charge is 0.338 e. The fourth-order valence-electron chi connectivity index (χ4n) is 3.33. The van der Waals surface area contributed by atoms with Crippen LogP contribution in [0.5, 0.6) is 0 Å². The molecule has 1 fully saturated rings. The molecule has 1 aliphatic carbocycles. The molecule has 1 aromatic rings. The number of likely N-dealkylation sites (N-methyl/N-ethyl adjacent to an activating group) is 2. The maximum absolute atomic E-state index is 13.0. The van der Waals surface area contributed by atoms with E-state index in [1.807, 2.05) is 14.0 Å². The third kappa shape index (κ3) is 5.03. The van der Waals surface area contributed by atoms with Crippen molar-refractivity contribution in [3.05, 3.63) is 35.6 Å². The summed E-state index contributed by atoms with van der Waals surface area (Å²) in [5.41, 5.74) is 0.958. The molecule has 0 aliphatic heterocycles. The molecule has 1 saturated carbocycles. The summed E-state index contributed by atoms with van der Waals surface area (Å²) < 4.78 is 13.0. The van der Waals surface area contributed by atoms with Gasteiger partial charge in [-0.2, -0.15) is 0 Å². The summed E-state index contributed by atoms with van der Waals surface area (Å²) in [6.07, 6.45) is 7.57. The molecule has 1 amide bonds. The highest BCUT2D eigenvalue weighted by Gasteiger charge is 2.23. The molecule has 2 rings (SSSR count). The Balaban J connectivity index is 1.91. The Bertz CT molecular complexity index is 495. The molecule has 0 aromatic heterocycles. The fourth-order valence-corrected chi connectivity index (χ4v) is 3.33. The van der Waals surface area contributed by atoms with Crippen molar-refractivity contribution in [1.82, 2.24) is 9.80 Å². The van der Waals surface area contributed by atoms with E-state index in [-0.39, 0.29) is 17.8 Å². The zero-order valence-electron chi connectivity index (χ0n) is 14.6. The summed E-state index contributed by atoms with van der Waals surface area (Å²) in [6, 6.07) is 6.86. The van der Waals surface area contributed by atoms with Crippen molar-refractivity contribution < 1.29 is 9.18 Å². The minimum atomic E-state index is -0.247. The molecule has 4 heteroatoms. The van der Waals surface area contributed by atoms with Gasteiger partial charge in [0.1, 0.15) is 5.82 Å². The van der Waals surface area contributed by atoms with Gasteiger partial charge in [-0.3, -0.25) is 9.69 Å². The lowest BCUT2D eigenvalue weighted by Crippen LogP contribution is -2.42. The number of hydrogen-bond acceptors (Lipinski definition) is 2. The van der Waals surface area contributed by atoms with Crippen LogP contribution in [0.4, 0.5) is 4.39 Å². The first-order chi connectivity index (χ1) is 11.0. The minimum Gasteiger partial charge on any atom is -0.338 e. The molecule has 0 saturated heterocycles. The molecule has 0 heterocycles. The van der Waals surface area contributed by atoms with Gasteiger partial charge in [0.25, 0.3) is 0 Å². The van der Waals surface area contributed by atoms with Crippen LogP contribution in [0, 0.1) is 5.82 Å². The molecule has 1 aliphatic rings. The number of amides is 1. The monoisotopic (exact) mass is 320 g/mol. The van der Waals surface area contributed by atoms with E-state index < -0.39 is 0 Å². The predicted molar refractivity (Wildman–Crippen MR) is 91.7 cm³/mol. The van der Waals surface area contributed by atoms with Gasteiger partial charge < -0.3 is 4.90 Å². The van der Waals surface area contributed by atoms with E-state index in [9.17, 15) is 9.18 Å². The van der Waals surface area contributed by atoms with Gasteiger partial charge in [0.2, 0.25) is 5.91 Å². The van der Waals surface area contributed by atoms with Crippen LogP contribution in [0.15, 0.2) is 24.3 Å². The number of halogens is 1. The Morgan fingerprint density at radius 2 is 1.70 bits per heavy atom. The molecular weight excluding hydrogens is 291 g/mol. The molecule has 23 heavy (non-hydrogen) atoms. The van der Waals surface area contributed by atoms with Crippen molar-refractivity contribution in [2.45, 2.75) is 57.5 Å². The highest BCUT2D eigenvalue weighted by Crippen LogP contribution is 2.22. The zero-order valence-corrected chi connectivity index (χ0v) is 14.6. The lowest BCUT2D eigenvalue weighted by atomic mass is 10.1. The maximum atomic E-state index is 13.0. The Kier molecular flexibility index (Phi) is 6.58. The molecule has 1 atom stereocenters. The number of carbonyl (C=O) groups is 1. The lowest BCUT2D eigenvalue weighted by Gasteiger charge is -2.31. The average Bonchev–Trinajstić information content (AvgIpc) is 2.83. The SMILES string of the molecule is CC(c1ccc(F)cc1)N(C)C(=O)CN(C)C1CCCCCC1. The molecule has 0 spiro atoms. The fraction of sp³-hybridized carbons (Fsp3) is 0.632. The third-order valence-corrected chi connectivity index (χ3v) is 5.16. The van der Waals surface area contributed by atoms with Gasteiger partial charge in [0.15, 0.2) is 0 Å². The second-order valence-electron chi connectivity index (χ2n) is 6.79. The van der Waals surface area contributed by atoms with E-state index in [0.717, 1.165) is 5.56 Å². The zero-order chi connectivity index (χ0) is 16.8.